The van der Waals surface area contributed by atoms with Gasteiger partial charge in [-0.3, -0.25) is 9.78 Å². The van der Waals surface area contributed by atoms with Crippen molar-refractivity contribution in [3.63, 3.8) is 0 Å². The number of hydrogen-bond acceptors (Lipinski definition) is 3. The fraction of sp³-hybridized carbons (Fsp3) is 0.278. The number of carboxylic acid groups (broad SMARTS) is 1. The average molecular weight is 345 g/mol. The Hall–Kier alpha value is -2.40. The van der Waals surface area contributed by atoms with E-state index in [0.29, 0.717) is 24.0 Å². The van der Waals surface area contributed by atoms with Crippen LogP contribution >= 0.6 is 11.6 Å². The van der Waals surface area contributed by atoms with Crippen LogP contribution in [0, 0.1) is 5.92 Å². The number of benzene rings is 1. The van der Waals surface area contributed by atoms with Gasteiger partial charge in [-0.1, -0.05) is 29.8 Å². The van der Waals surface area contributed by atoms with E-state index in [1.165, 1.54) is 18.3 Å². The quantitative estimate of drug-likeness (QED) is 0.870. The van der Waals surface area contributed by atoms with E-state index in [2.05, 4.69) is 4.98 Å². The summed E-state index contributed by atoms with van der Waals surface area (Å²) in [5.74, 6) is -0.749. The first-order valence-electron chi connectivity index (χ1n) is 7.76. The number of carbonyl (C=O) groups is 2. The molecule has 1 fully saturated rings. The van der Waals surface area contributed by atoms with Gasteiger partial charge in [-0.05, 0) is 42.5 Å². The van der Waals surface area contributed by atoms with Crippen molar-refractivity contribution in [1.82, 2.24) is 9.88 Å². The van der Waals surface area contributed by atoms with Crippen molar-refractivity contribution in [3.8, 4) is 0 Å². The van der Waals surface area contributed by atoms with Gasteiger partial charge < -0.3 is 10.0 Å². The smallest absolute Gasteiger partial charge is 0.337 e. The lowest BCUT2D eigenvalue weighted by molar-refractivity contribution is 0.0690. The van der Waals surface area contributed by atoms with E-state index in [4.69, 9.17) is 16.7 Å². The number of hydrogen-bond donors (Lipinski definition) is 1. The molecule has 1 aromatic carbocycles. The van der Waals surface area contributed by atoms with Gasteiger partial charge in [0.2, 0.25) is 0 Å². The fourth-order valence-corrected chi connectivity index (χ4v) is 2.67. The van der Waals surface area contributed by atoms with Gasteiger partial charge in [-0.15, -0.1) is 0 Å². The van der Waals surface area contributed by atoms with Crippen LogP contribution in [-0.4, -0.2) is 33.4 Å². The van der Waals surface area contributed by atoms with Crippen LogP contribution < -0.4 is 0 Å². The molecular formula is C18H17ClN2O3. The summed E-state index contributed by atoms with van der Waals surface area (Å²) in [5.41, 5.74) is 1.19. The second-order valence-corrected chi connectivity index (χ2v) is 6.36. The first-order valence-corrected chi connectivity index (χ1v) is 8.14. The molecule has 1 heterocycles. The largest absolute Gasteiger partial charge is 0.478 e. The molecule has 0 spiro atoms. The van der Waals surface area contributed by atoms with Crippen molar-refractivity contribution in [2.75, 3.05) is 6.54 Å². The molecular weight excluding hydrogens is 328 g/mol. The second kappa shape index (κ2) is 7.01. The molecule has 1 amide bonds. The topological polar surface area (TPSA) is 70.5 Å². The van der Waals surface area contributed by atoms with Gasteiger partial charge in [0, 0.05) is 24.3 Å². The zero-order chi connectivity index (χ0) is 17.1. The molecule has 0 radical (unpaired) electrons. The lowest BCUT2D eigenvalue weighted by Crippen LogP contribution is -2.33. The summed E-state index contributed by atoms with van der Waals surface area (Å²) in [4.78, 5) is 29.4. The molecule has 6 heteroatoms. The minimum absolute atomic E-state index is 0.0615. The van der Waals surface area contributed by atoms with Crippen LogP contribution in [0.5, 0.6) is 0 Å². The van der Waals surface area contributed by atoms with E-state index in [1.807, 2.05) is 18.2 Å². The van der Waals surface area contributed by atoms with Gasteiger partial charge in [0.25, 0.3) is 5.91 Å². The highest BCUT2D eigenvalue weighted by molar-refractivity contribution is 6.31. The standard InChI is InChI=1S/C18H17ClN2O3/c19-15-4-2-1-3-14(15)11-21(10-12-5-6-12)17(22)16-8-7-13(9-20-16)18(23)24/h1-4,7-9,12H,5-6,10-11H2,(H,23,24). The van der Waals surface area contributed by atoms with Crippen molar-refractivity contribution in [2.45, 2.75) is 19.4 Å². The first kappa shape index (κ1) is 16.5. The number of halogens is 1. The molecule has 3 rings (SSSR count). The Morgan fingerprint density at radius 3 is 2.54 bits per heavy atom. The van der Waals surface area contributed by atoms with Gasteiger partial charge in [0.05, 0.1) is 5.56 Å². The SMILES string of the molecule is O=C(O)c1ccc(C(=O)N(Cc2ccccc2Cl)CC2CC2)nc1. The Morgan fingerprint density at radius 1 is 1.21 bits per heavy atom. The number of aromatic nitrogens is 1. The molecule has 1 aromatic heterocycles. The molecule has 1 N–H and O–H groups in total. The van der Waals surface area contributed by atoms with Crippen molar-refractivity contribution >= 4 is 23.5 Å². The number of amides is 1. The van der Waals surface area contributed by atoms with Crippen LogP contribution in [0.4, 0.5) is 0 Å². The average Bonchev–Trinajstić information content (AvgIpc) is 3.39. The van der Waals surface area contributed by atoms with Gasteiger partial charge in [0.15, 0.2) is 0 Å². The first-order chi connectivity index (χ1) is 11.5. The minimum Gasteiger partial charge on any atom is -0.478 e. The van der Waals surface area contributed by atoms with E-state index in [9.17, 15) is 9.59 Å². The van der Waals surface area contributed by atoms with Crippen molar-refractivity contribution in [2.24, 2.45) is 5.92 Å². The third-order valence-electron chi connectivity index (χ3n) is 4.01. The molecule has 5 nitrogen and oxygen atoms in total. The monoisotopic (exact) mass is 344 g/mol. The lowest BCUT2D eigenvalue weighted by atomic mass is 10.2. The Labute approximate surface area is 144 Å². The molecule has 0 bridgehead atoms. The summed E-state index contributed by atoms with van der Waals surface area (Å²) in [6, 6.07) is 10.3. The lowest BCUT2D eigenvalue weighted by Gasteiger charge is -2.23. The minimum atomic E-state index is -1.06. The molecule has 0 aliphatic heterocycles. The normalized spacial score (nSPS) is 13.5. The highest BCUT2D eigenvalue weighted by Gasteiger charge is 2.28. The molecule has 1 aliphatic carbocycles. The molecule has 0 saturated heterocycles. The molecule has 1 saturated carbocycles. The zero-order valence-corrected chi connectivity index (χ0v) is 13.7. The summed E-state index contributed by atoms with van der Waals surface area (Å²) in [6.07, 6.45) is 3.45. The molecule has 0 unspecified atom stereocenters. The Kier molecular flexibility index (Phi) is 4.81. The van der Waals surface area contributed by atoms with Crippen LogP contribution in [0.25, 0.3) is 0 Å². The van der Waals surface area contributed by atoms with Crippen LogP contribution in [0.2, 0.25) is 5.02 Å². The van der Waals surface area contributed by atoms with Crippen LogP contribution in [-0.2, 0) is 6.54 Å². The summed E-state index contributed by atoms with van der Waals surface area (Å²) in [7, 11) is 0. The Balaban J connectivity index is 1.80. The van der Waals surface area contributed by atoms with Gasteiger partial charge in [0.1, 0.15) is 5.69 Å². The van der Waals surface area contributed by atoms with E-state index < -0.39 is 5.97 Å². The Morgan fingerprint density at radius 2 is 1.96 bits per heavy atom. The number of carbonyl (C=O) groups excluding carboxylic acids is 1. The number of pyridine rings is 1. The number of rotatable bonds is 6. The van der Waals surface area contributed by atoms with Crippen LogP contribution in [0.15, 0.2) is 42.6 Å². The van der Waals surface area contributed by atoms with Crippen LogP contribution in [0.1, 0.15) is 39.3 Å². The summed E-state index contributed by atoms with van der Waals surface area (Å²) in [5, 5.41) is 9.55. The number of aromatic carboxylic acids is 1. The van der Waals surface area contributed by atoms with Gasteiger partial charge in [-0.25, -0.2) is 4.79 Å². The molecule has 2 aromatic rings. The maximum Gasteiger partial charge on any atom is 0.337 e. The Bertz CT molecular complexity index is 757. The molecule has 124 valence electrons. The van der Waals surface area contributed by atoms with Crippen LogP contribution in [0.3, 0.4) is 0 Å². The van der Waals surface area contributed by atoms with Crippen molar-refractivity contribution in [1.29, 1.82) is 0 Å². The van der Waals surface area contributed by atoms with Gasteiger partial charge >= 0.3 is 5.97 Å². The number of nitrogens with zero attached hydrogens (tertiary/aromatic N) is 2. The summed E-state index contributed by atoms with van der Waals surface area (Å²) >= 11 is 6.21. The highest BCUT2D eigenvalue weighted by atomic mass is 35.5. The number of carboxylic acids is 1. The maximum absolute atomic E-state index is 12.8. The summed E-state index contributed by atoms with van der Waals surface area (Å²) in [6.45, 7) is 1.07. The maximum atomic E-state index is 12.8. The fourth-order valence-electron chi connectivity index (χ4n) is 2.47. The highest BCUT2D eigenvalue weighted by Crippen LogP contribution is 2.31. The predicted octanol–water partition coefficient (Wildman–Crippen LogP) is 3.49. The van der Waals surface area contributed by atoms with E-state index in [0.717, 1.165) is 18.4 Å². The third-order valence-corrected chi connectivity index (χ3v) is 4.38. The van der Waals surface area contributed by atoms with Crippen molar-refractivity contribution in [3.05, 3.63) is 64.4 Å². The molecule has 0 atom stereocenters. The van der Waals surface area contributed by atoms with E-state index in [1.54, 1.807) is 11.0 Å². The second-order valence-electron chi connectivity index (χ2n) is 5.96. The molecule has 24 heavy (non-hydrogen) atoms. The third kappa shape index (κ3) is 3.92. The van der Waals surface area contributed by atoms with Gasteiger partial charge in [-0.2, -0.15) is 0 Å². The van der Waals surface area contributed by atoms with E-state index in [-0.39, 0.29) is 17.2 Å². The zero-order valence-electron chi connectivity index (χ0n) is 13.0. The van der Waals surface area contributed by atoms with E-state index >= 15 is 0 Å². The predicted molar refractivity (Wildman–Crippen MR) is 90.1 cm³/mol. The molecule has 1 aliphatic rings. The van der Waals surface area contributed by atoms with Crippen molar-refractivity contribution < 1.29 is 14.7 Å². The summed E-state index contributed by atoms with van der Waals surface area (Å²) < 4.78 is 0.